The highest BCUT2D eigenvalue weighted by atomic mass is 32.2. The highest BCUT2D eigenvalue weighted by Crippen LogP contribution is 2.19. The van der Waals surface area contributed by atoms with Gasteiger partial charge in [-0.05, 0) is 16.0 Å². The molecular weight excluding hydrogens is 258 g/mol. The van der Waals surface area contributed by atoms with Gasteiger partial charge in [0, 0.05) is 18.3 Å². The molecule has 0 radical (unpaired) electrons. The molecule has 0 aliphatic rings. The van der Waals surface area contributed by atoms with Crippen LogP contribution in [0, 0.1) is 0 Å². The largest absolute Gasteiger partial charge is 0.313 e. The van der Waals surface area contributed by atoms with Gasteiger partial charge in [-0.1, -0.05) is 55.9 Å². The molecule has 19 heavy (non-hydrogen) atoms. The molecule has 1 heterocycles. The van der Waals surface area contributed by atoms with Gasteiger partial charge in [0.05, 0.1) is 6.54 Å². The van der Waals surface area contributed by atoms with Crippen LogP contribution in [0.15, 0.2) is 35.5 Å². The van der Waals surface area contributed by atoms with Crippen molar-refractivity contribution in [3.63, 3.8) is 0 Å². The third kappa shape index (κ3) is 4.65. The summed E-state index contributed by atoms with van der Waals surface area (Å²) in [6.07, 6.45) is 0. The Morgan fingerprint density at radius 1 is 1.26 bits per heavy atom. The van der Waals surface area contributed by atoms with Gasteiger partial charge in [-0.3, -0.25) is 0 Å². The molecule has 0 aliphatic carbocycles. The van der Waals surface area contributed by atoms with Crippen molar-refractivity contribution in [1.82, 2.24) is 25.5 Å². The summed E-state index contributed by atoms with van der Waals surface area (Å²) in [6.45, 7) is 5.93. The van der Waals surface area contributed by atoms with Crippen LogP contribution in [0.4, 0.5) is 0 Å². The molecule has 5 nitrogen and oxygen atoms in total. The van der Waals surface area contributed by atoms with E-state index in [1.807, 2.05) is 22.9 Å². The van der Waals surface area contributed by atoms with Crippen molar-refractivity contribution < 1.29 is 0 Å². The number of aromatic nitrogens is 4. The van der Waals surface area contributed by atoms with E-state index in [2.05, 4.69) is 46.8 Å². The Labute approximate surface area is 117 Å². The fourth-order valence-corrected chi connectivity index (χ4v) is 2.48. The zero-order valence-corrected chi connectivity index (χ0v) is 12.1. The quantitative estimate of drug-likeness (QED) is 0.784. The fourth-order valence-electron chi connectivity index (χ4n) is 1.62. The fraction of sp³-hybridized carbons (Fsp3) is 0.462. The van der Waals surface area contributed by atoms with Gasteiger partial charge in [0.25, 0.3) is 0 Å². The van der Waals surface area contributed by atoms with Gasteiger partial charge in [-0.15, -0.1) is 5.10 Å². The predicted octanol–water partition coefficient (Wildman–Crippen LogP) is 1.96. The highest BCUT2D eigenvalue weighted by molar-refractivity contribution is 7.98. The van der Waals surface area contributed by atoms with Gasteiger partial charge in [0.1, 0.15) is 0 Å². The molecule has 1 N–H and O–H groups in total. The van der Waals surface area contributed by atoms with E-state index >= 15 is 0 Å². The molecule has 0 spiro atoms. The zero-order valence-electron chi connectivity index (χ0n) is 11.3. The van der Waals surface area contributed by atoms with Crippen LogP contribution in [0.5, 0.6) is 0 Å². The summed E-state index contributed by atoms with van der Waals surface area (Å²) in [5, 5.41) is 16.1. The smallest absolute Gasteiger partial charge is 0.209 e. The standard InChI is InChI=1S/C13H19N5S/c1-11(2)14-8-9-18-13(15-16-17-18)19-10-12-6-4-3-5-7-12/h3-7,11,14H,8-10H2,1-2H3. The first-order valence-corrected chi connectivity index (χ1v) is 7.40. The Morgan fingerprint density at radius 2 is 2.05 bits per heavy atom. The van der Waals surface area contributed by atoms with E-state index in [0.717, 1.165) is 24.0 Å². The number of nitrogens with zero attached hydrogens (tertiary/aromatic N) is 4. The number of hydrogen-bond acceptors (Lipinski definition) is 5. The normalized spacial score (nSPS) is 11.1. The maximum atomic E-state index is 4.07. The highest BCUT2D eigenvalue weighted by Gasteiger charge is 2.06. The van der Waals surface area contributed by atoms with E-state index in [1.54, 1.807) is 11.8 Å². The van der Waals surface area contributed by atoms with E-state index in [1.165, 1.54) is 5.56 Å². The van der Waals surface area contributed by atoms with Crippen molar-refractivity contribution >= 4 is 11.8 Å². The van der Waals surface area contributed by atoms with Crippen LogP contribution in [0.1, 0.15) is 19.4 Å². The lowest BCUT2D eigenvalue weighted by atomic mass is 10.2. The van der Waals surface area contributed by atoms with Crippen LogP contribution in [-0.4, -0.2) is 32.8 Å². The van der Waals surface area contributed by atoms with Gasteiger partial charge < -0.3 is 5.32 Å². The Kier molecular flexibility index (Phi) is 5.35. The van der Waals surface area contributed by atoms with Gasteiger partial charge in [-0.25, -0.2) is 4.68 Å². The molecular formula is C13H19N5S. The Morgan fingerprint density at radius 3 is 2.79 bits per heavy atom. The second kappa shape index (κ2) is 7.25. The molecule has 2 rings (SSSR count). The second-order valence-electron chi connectivity index (χ2n) is 4.57. The van der Waals surface area contributed by atoms with Gasteiger partial charge >= 0.3 is 0 Å². The van der Waals surface area contributed by atoms with Crippen molar-refractivity contribution in [2.45, 2.75) is 37.3 Å². The Balaban J connectivity index is 1.85. The third-order valence-electron chi connectivity index (χ3n) is 2.59. The SMILES string of the molecule is CC(C)NCCn1nnnc1SCc1ccccc1. The molecule has 0 fully saturated rings. The zero-order chi connectivity index (χ0) is 13.5. The summed E-state index contributed by atoms with van der Waals surface area (Å²) in [5.41, 5.74) is 1.28. The molecule has 1 aromatic carbocycles. The topological polar surface area (TPSA) is 55.6 Å². The van der Waals surface area contributed by atoms with Crippen LogP contribution in [0.25, 0.3) is 0 Å². The molecule has 102 valence electrons. The molecule has 1 aromatic heterocycles. The number of benzene rings is 1. The van der Waals surface area contributed by atoms with Gasteiger partial charge in [0.2, 0.25) is 5.16 Å². The van der Waals surface area contributed by atoms with Crippen molar-refractivity contribution in [3.8, 4) is 0 Å². The maximum absolute atomic E-state index is 4.07. The number of nitrogens with one attached hydrogen (secondary N) is 1. The molecule has 0 amide bonds. The number of tetrazole rings is 1. The lowest BCUT2D eigenvalue weighted by Gasteiger charge is -2.08. The van der Waals surface area contributed by atoms with Gasteiger partial charge in [0.15, 0.2) is 0 Å². The summed E-state index contributed by atoms with van der Waals surface area (Å²) < 4.78 is 1.85. The minimum Gasteiger partial charge on any atom is -0.313 e. The summed E-state index contributed by atoms with van der Waals surface area (Å²) >= 11 is 1.66. The molecule has 2 aromatic rings. The van der Waals surface area contributed by atoms with Crippen molar-refractivity contribution in [3.05, 3.63) is 35.9 Å². The van der Waals surface area contributed by atoms with E-state index in [-0.39, 0.29) is 0 Å². The van der Waals surface area contributed by atoms with Crippen molar-refractivity contribution in [1.29, 1.82) is 0 Å². The van der Waals surface area contributed by atoms with Gasteiger partial charge in [-0.2, -0.15) is 0 Å². The number of thioether (sulfide) groups is 1. The monoisotopic (exact) mass is 277 g/mol. The maximum Gasteiger partial charge on any atom is 0.209 e. The minimum absolute atomic E-state index is 0.483. The molecule has 0 unspecified atom stereocenters. The van der Waals surface area contributed by atoms with Crippen LogP contribution >= 0.6 is 11.8 Å². The van der Waals surface area contributed by atoms with E-state index < -0.39 is 0 Å². The van der Waals surface area contributed by atoms with E-state index in [0.29, 0.717) is 6.04 Å². The summed E-state index contributed by atoms with van der Waals surface area (Å²) in [6, 6.07) is 10.8. The molecule has 0 atom stereocenters. The Hall–Kier alpha value is -1.40. The van der Waals surface area contributed by atoms with Crippen LogP contribution in [-0.2, 0) is 12.3 Å². The second-order valence-corrected chi connectivity index (χ2v) is 5.51. The average molecular weight is 277 g/mol. The molecule has 0 bridgehead atoms. The average Bonchev–Trinajstić information content (AvgIpc) is 2.85. The van der Waals surface area contributed by atoms with Crippen LogP contribution in [0.3, 0.4) is 0 Å². The first-order valence-electron chi connectivity index (χ1n) is 6.42. The summed E-state index contributed by atoms with van der Waals surface area (Å²) in [7, 11) is 0. The third-order valence-corrected chi connectivity index (χ3v) is 3.61. The van der Waals surface area contributed by atoms with Crippen molar-refractivity contribution in [2.24, 2.45) is 0 Å². The molecule has 0 saturated heterocycles. The predicted molar refractivity (Wildman–Crippen MR) is 77.0 cm³/mol. The lowest BCUT2D eigenvalue weighted by molar-refractivity contribution is 0.485. The van der Waals surface area contributed by atoms with E-state index in [4.69, 9.17) is 0 Å². The Bertz CT molecular complexity index is 483. The number of rotatable bonds is 7. The van der Waals surface area contributed by atoms with Crippen LogP contribution < -0.4 is 5.32 Å². The minimum atomic E-state index is 0.483. The number of hydrogen-bond donors (Lipinski definition) is 1. The summed E-state index contributed by atoms with van der Waals surface area (Å²) in [5.74, 6) is 0.888. The molecule has 0 saturated carbocycles. The van der Waals surface area contributed by atoms with E-state index in [9.17, 15) is 0 Å². The summed E-state index contributed by atoms with van der Waals surface area (Å²) in [4.78, 5) is 0. The van der Waals surface area contributed by atoms with Crippen molar-refractivity contribution in [2.75, 3.05) is 6.54 Å². The van der Waals surface area contributed by atoms with Crippen LogP contribution in [0.2, 0.25) is 0 Å². The first kappa shape index (κ1) is 14.0. The molecule has 6 heteroatoms. The first-order chi connectivity index (χ1) is 9.25. The molecule has 0 aliphatic heterocycles. The lowest BCUT2D eigenvalue weighted by Crippen LogP contribution is -2.27.